The number of nitrogens with zero attached hydrogens (tertiary/aromatic N) is 4. The van der Waals surface area contributed by atoms with E-state index in [-0.39, 0.29) is 17.7 Å². The van der Waals surface area contributed by atoms with Gasteiger partial charge >= 0.3 is 0 Å². The van der Waals surface area contributed by atoms with Gasteiger partial charge in [0.2, 0.25) is 0 Å². The number of anilines is 1. The lowest BCUT2D eigenvalue weighted by Crippen LogP contribution is -2.44. The van der Waals surface area contributed by atoms with E-state index in [1.165, 1.54) is 0 Å². The highest BCUT2D eigenvalue weighted by atomic mass is 127. The summed E-state index contributed by atoms with van der Waals surface area (Å²) >= 11 is 2.07. The van der Waals surface area contributed by atoms with Crippen LogP contribution in [0.15, 0.2) is 10.4 Å². The Balaban J connectivity index is 2.47. The molecule has 0 spiro atoms. The Morgan fingerprint density at radius 1 is 1.32 bits per heavy atom. The highest BCUT2D eigenvalue weighted by Gasteiger charge is 2.32. The topological polar surface area (TPSA) is 84.8 Å². The minimum atomic E-state index is -2.88. The number of ether oxygens (including phenoxy) is 1. The molecule has 1 fully saturated rings. The zero-order valence-electron chi connectivity index (χ0n) is 17.8. The number of carbonyl (C=O) groups is 1. The number of rotatable bonds is 3. The second-order valence-corrected chi connectivity index (χ2v) is 13.1. The summed E-state index contributed by atoms with van der Waals surface area (Å²) in [6.45, 7) is 15.0. The Morgan fingerprint density at radius 2 is 1.96 bits per heavy atom. The number of halogens is 1. The van der Waals surface area contributed by atoms with Gasteiger partial charge in [0.05, 0.1) is 40.4 Å². The molecule has 1 unspecified atom stereocenters. The summed E-state index contributed by atoms with van der Waals surface area (Å²) in [4.78, 5) is 23.8. The SMILES string of the molecule is CC1COCCN1c1cc(C[S@@](=O)(=NC(=O)C(C)(C)C)C(C)(C)C)nc(I)n1. The van der Waals surface area contributed by atoms with Crippen LogP contribution in [0.4, 0.5) is 5.82 Å². The quantitative estimate of drug-likeness (QED) is 0.445. The number of morpholine rings is 1. The highest BCUT2D eigenvalue weighted by molar-refractivity contribution is 14.1. The predicted octanol–water partition coefficient (Wildman–Crippen LogP) is 3.65. The number of amides is 1. The van der Waals surface area contributed by atoms with Gasteiger partial charge in [-0.05, 0) is 27.7 Å². The molecular formula is C19H31IN4O3S. The third-order valence-electron chi connectivity index (χ3n) is 4.57. The Morgan fingerprint density at radius 3 is 2.50 bits per heavy atom. The maximum absolute atomic E-state index is 13.8. The molecule has 0 aliphatic carbocycles. The van der Waals surface area contributed by atoms with E-state index in [2.05, 4.69) is 48.7 Å². The van der Waals surface area contributed by atoms with Crippen molar-refractivity contribution in [1.82, 2.24) is 9.97 Å². The standard InChI is InChI=1S/C19H31IN4O3S/c1-13-11-27-9-8-24(13)15-10-14(21-17(20)22-15)12-28(26,19(5,6)7)23-16(25)18(2,3)4/h10,13H,8-9,11-12H2,1-7H3/t13?,28-/m0/s1. The van der Waals surface area contributed by atoms with Crippen molar-refractivity contribution in [2.75, 3.05) is 24.7 Å². The average molecular weight is 522 g/mol. The lowest BCUT2D eigenvalue weighted by atomic mass is 9.96. The number of hydrogen-bond acceptors (Lipinski definition) is 6. The van der Waals surface area contributed by atoms with Crippen molar-refractivity contribution < 1.29 is 13.7 Å². The Labute approximate surface area is 182 Å². The van der Waals surface area contributed by atoms with Crippen molar-refractivity contribution in [3.8, 4) is 0 Å². The molecule has 2 heterocycles. The molecule has 1 saturated heterocycles. The first-order valence-corrected chi connectivity index (χ1v) is 12.2. The van der Waals surface area contributed by atoms with E-state index in [1.807, 2.05) is 26.8 Å². The van der Waals surface area contributed by atoms with Gasteiger partial charge in [-0.1, -0.05) is 20.8 Å². The summed E-state index contributed by atoms with van der Waals surface area (Å²) in [6, 6.07) is 2.07. The van der Waals surface area contributed by atoms with E-state index in [9.17, 15) is 9.00 Å². The lowest BCUT2D eigenvalue weighted by molar-refractivity contribution is -0.124. The molecule has 1 aromatic rings. The van der Waals surface area contributed by atoms with Gasteiger partial charge in [-0.25, -0.2) is 14.2 Å². The van der Waals surface area contributed by atoms with Crippen molar-refractivity contribution in [2.24, 2.45) is 9.78 Å². The second kappa shape index (κ2) is 8.51. The van der Waals surface area contributed by atoms with Crippen LogP contribution in [0.5, 0.6) is 0 Å². The smallest absolute Gasteiger partial charge is 0.259 e. The van der Waals surface area contributed by atoms with Crippen LogP contribution >= 0.6 is 22.6 Å². The molecule has 1 aliphatic heterocycles. The predicted molar refractivity (Wildman–Crippen MR) is 121 cm³/mol. The van der Waals surface area contributed by atoms with Gasteiger partial charge in [0, 0.05) is 45.4 Å². The van der Waals surface area contributed by atoms with Gasteiger partial charge in [-0.3, -0.25) is 4.79 Å². The molecule has 28 heavy (non-hydrogen) atoms. The van der Waals surface area contributed by atoms with E-state index < -0.39 is 19.9 Å². The summed E-state index contributed by atoms with van der Waals surface area (Å²) in [5, 5.41) is 0. The van der Waals surface area contributed by atoms with Crippen molar-refractivity contribution in [1.29, 1.82) is 0 Å². The van der Waals surface area contributed by atoms with Crippen LogP contribution in [0, 0.1) is 9.25 Å². The molecular weight excluding hydrogens is 491 g/mol. The van der Waals surface area contributed by atoms with Crippen molar-refractivity contribution in [3.63, 3.8) is 0 Å². The monoisotopic (exact) mass is 522 g/mol. The van der Waals surface area contributed by atoms with Crippen molar-refractivity contribution in [2.45, 2.75) is 65.0 Å². The molecule has 0 saturated carbocycles. The van der Waals surface area contributed by atoms with E-state index >= 15 is 0 Å². The van der Waals surface area contributed by atoms with Crippen LogP contribution in [0.2, 0.25) is 0 Å². The normalized spacial score (nSPS) is 20.6. The van der Waals surface area contributed by atoms with Crippen LogP contribution in [-0.4, -0.2) is 50.6 Å². The minimum Gasteiger partial charge on any atom is -0.377 e. The van der Waals surface area contributed by atoms with Gasteiger partial charge in [-0.2, -0.15) is 4.36 Å². The molecule has 9 heteroatoms. The molecule has 0 aromatic carbocycles. The van der Waals surface area contributed by atoms with Gasteiger partial charge in [0.25, 0.3) is 5.91 Å². The van der Waals surface area contributed by atoms with E-state index in [0.717, 1.165) is 12.4 Å². The van der Waals surface area contributed by atoms with Gasteiger partial charge in [-0.15, -0.1) is 0 Å². The Kier molecular flexibility index (Phi) is 7.13. The number of hydrogen-bond donors (Lipinski definition) is 0. The van der Waals surface area contributed by atoms with Crippen LogP contribution in [-0.2, 0) is 25.0 Å². The molecule has 1 aromatic heterocycles. The lowest BCUT2D eigenvalue weighted by Gasteiger charge is -2.34. The number of aromatic nitrogens is 2. The van der Waals surface area contributed by atoms with Crippen molar-refractivity contribution in [3.05, 3.63) is 15.6 Å². The zero-order valence-corrected chi connectivity index (χ0v) is 20.8. The molecule has 1 aliphatic rings. The van der Waals surface area contributed by atoms with Gasteiger partial charge < -0.3 is 9.64 Å². The minimum absolute atomic E-state index is 0.114. The average Bonchev–Trinajstić information content (AvgIpc) is 2.52. The van der Waals surface area contributed by atoms with E-state index in [1.54, 1.807) is 20.8 Å². The molecule has 0 radical (unpaired) electrons. The van der Waals surface area contributed by atoms with E-state index in [4.69, 9.17) is 4.74 Å². The molecule has 7 nitrogen and oxygen atoms in total. The molecule has 158 valence electrons. The van der Waals surface area contributed by atoms with Crippen LogP contribution in [0.25, 0.3) is 0 Å². The summed E-state index contributed by atoms with van der Waals surface area (Å²) in [5.41, 5.74) is -0.0407. The first-order valence-electron chi connectivity index (χ1n) is 9.40. The van der Waals surface area contributed by atoms with Gasteiger partial charge in [0.1, 0.15) is 5.82 Å². The summed E-state index contributed by atoms with van der Waals surface area (Å²) in [6.07, 6.45) is 0. The molecule has 2 rings (SSSR count). The highest BCUT2D eigenvalue weighted by Crippen LogP contribution is 2.28. The molecule has 0 N–H and O–H groups in total. The second-order valence-electron chi connectivity index (χ2n) is 9.15. The summed E-state index contributed by atoms with van der Waals surface area (Å²) in [7, 11) is -2.88. The van der Waals surface area contributed by atoms with Gasteiger partial charge in [0.15, 0.2) is 3.83 Å². The fraction of sp³-hybridized carbons (Fsp3) is 0.737. The van der Waals surface area contributed by atoms with Crippen LogP contribution in [0.1, 0.15) is 54.2 Å². The fourth-order valence-electron chi connectivity index (χ4n) is 2.60. The molecule has 1 amide bonds. The maximum atomic E-state index is 13.8. The first kappa shape index (κ1) is 23.5. The largest absolute Gasteiger partial charge is 0.377 e. The first-order chi connectivity index (χ1) is 12.7. The fourth-order valence-corrected chi connectivity index (χ4v) is 5.02. The summed E-state index contributed by atoms with van der Waals surface area (Å²) < 4.78 is 23.5. The number of carbonyl (C=O) groups excluding carboxylic acids is 1. The van der Waals surface area contributed by atoms with Crippen LogP contribution < -0.4 is 4.90 Å². The van der Waals surface area contributed by atoms with Crippen molar-refractivity contribution >= 4 is 44.0 Å². The van der Waals surface area contributed by atoms with Crippen LogP contribution in [0.3, 0.4) is 0 Å². The zero-order chi connectivity index (χ0) is 21.3. The maximum Gasteiger partial charge on any atom is 0.259 e. The molecule has 0 bridgehead atoms. The third-order valence-corrected chi connectivity index (χ3v) is 8.12. The molecule has 2 atom stereocenters. The van der Waals surface area contributed by atoms with E-state index in [0.29, 0.717) is 22.7 Å². The Bertz CT molecular complexity index is 852. The Hall–Kier alpha value is -0.810. The summed E-state index contributed by atoms with van der Waals surface area (Å²) in [5.74, 6) is 0.559. The third kappa shape index (κ3) is 5.63.